The maximum absolute atomic E-state index is 12.3. The summed E-state index contributed by atoms with van der Waals surface area (Å²) in [5.74, 6) is 0.712. The lowest BCUT2D eigenvalue weighted by Gasteiger charge is -2.41. The number of hydrogen-bond acceptors (Lipinski definition) is 1. The number of halogens is 1. The first-order valence-electron chi connectivity index (χ1n) is 8.12. The topological polar surface area (TPSA) is 33.5 Å². The molecule has 0 aliphatic carbocycles. The normalized spacial score (nSPS) is 28.7. The van der Waals surface area contributed by atoms with E-state index in [9.17, 15) is 4.79 Å². The van der Waals surface area contributed by atoms with Crippen LogP contribution in [-0.4, -0.2) is 31.6 Å². The van der Waals surface area contributed by atoms with Crippen LogP contribution < -0.4 is 10.2 Å². The first kappa shape index (κ1) is 15.0. The van der Waals surface area contributed by atoms with Crippen LogP contribution in [0.5, 0.6) is 0 Å². The van der Waals surface area contributed by atoms with Crippen molar-refractivity contribution in [3.05, 3.63) is 34.3 Å². The lowest BCUT2D eigenvalue weighted by Crippen LogP contribution is -3.18. The van der Waals surface area contributed by atoms with Gasteiger partial charge < -0.3 is 10.2 Å². The van der Waals surface area contributed by atoms with E-state index < -0.39 is 0 Å². The van der Waals surface area contributed by atoms with E-state index in [2.05, 4.69) is 21.2 Å². The zero-order chi connectivity index (χ0) is 14.7. The van der Waals surface area contributed by atoms with Crippen molar-refractivity contribution in [1.82, 2.24) is 5.32 Å². The quantitative estimate of drug-likeness (QED) is 0.858. The fourth-order valence-corrected chi connectivity index (χ4v) is 4.38. The molecule has 3 atom stereocenters. The highest BCUT2D eigenvalue weighted by Crippen LogP contribution is 2.20. The molecule has 0 aromatic heterocycles. The summed E-state index contributed by atoms with van der Waals surface area (Å²) in [5.41, 5.74) is 0.744. The predicted octanol–water partition coefficient (Wildman–Crippen LogP) is 2.03. The number of rotatable bonds is 3. The van der Waals surface area contributed by atoms with E-state index in [0.717, 1.165) is 22.6 Å². The van der Waals surface area contributed by atoms with Gasteiger partial charge >= 0.3 is 0 Å². The molecule has 114 valence electrons. The summed E-state index contributed by atoms with van der Waals surface area (Å²) >= 11 is 3.42. The monoisotopic (exact) mass is 351 g/mol. The smallest absolute Gasteiger partial charge is 0.251 e. The van der Waals surface area contributed by atoms with Crippen LogP contribution in [0.4, 0.5) is 0 Å². The lowest BCUT2D eigenvalue weighted by molar-refractivity contribution is -0.939. The Morgan fingerprint density at radius 2 is 2.10 bits per heavy atom. The van der Waals surface area contributed by atoms with Crippen molar-refractivity contribution >= 4 is 21.8 Å². The van der Waals surface area contributed by atoms with E-state index in [0.29, 0.717) is 5.92 Å². The second kappa shape index (κ2) is 6.93. The number of nitrogens with one attached hydrogen (secondary N) is 2. The van der Waals surface area contributed by atoms with Gasteiger partial charge in [0.05, 0.1) is 19.1 Å². The van der Waals surface area contributed by atoms with Gasteiger partial charge in [0.1, 0.15) is 0 Å². The van der Waals surface area contributed by atoms with Crippen LogP contribution >= 0.6 is 15.9 Å². The highest BCUT2D eigenvalue weighted by Gasteiger charge is 2.36. The number of piperidine rings is 2. The maximum atomic E-state index is 12.3. The molecule has 1 unspecified atom stereocenters. The Kier molecular flexibility index (Phi) is 4.96. The fourth-order valence-electron chi connectivity index (χ4n) is 3.98. The minimum absolute atomic E-state index is 0.0548. The van der Waals surface area contributed by atoms with Gasteiger partial charge in [-0.15, -0.1) is 0 Å². The molecule has 3 nitrogen and oxygen atoms in total. The van der Waals surface area contributed by atoms with Crippen LogP contribution in [0.15, 0.2) is 28.7 Å². The summed E-state index contributed by atoms with van der Waals surface area (Å²) < 4.78 is 0.954. The predicted molar refractivity (Wildman–Crippen MR) is 87.5 cm³/mol. The number of fused-ring (bicyclic) bond motifs is 1. The molecule has 2 aliphatic rings. The number of amides is 1. The van der Waals surface area contributed by atoms with Crippen molar-refractivity contribution < 1.29 is 9.69 Å². The van der Waals surface area contributed by atoms with Gasteiger partial charge in [-0.25, -0.2) is 0 Å². The average molecular weight is 352 g/mol. The average Bonchev–Trinajstić information content (AvgIpc) is 2.52. The molecule has 0 radical (unpaired) electrons. The fraction of sp³-hybridized carbons (Fsp3) is 0.588. The Morgan fingerprint density at radius 1 is 1.24 bits per heavy atom. The van der Waals surface area contributed by atoms with E-state index in [1.54, 1.807) is 4.90 Å². The standard InChI is InChI=1S/C17H23BrN2O/c18-15-7-3-5-13(11-15)17(21)19-12-14-6-4-10-20-9-2-1-8-16(14)20/h3,5,7,11,14,16H,1-2,4,6,8-10,12H2,(H,19,21)/p+1/t14-,16-/m1/s1. The van der Waals surface area contributed by atoms with E-state index in [4.69, 9.17) is 0 Å². The molecule has 0 saturated carbocycles. The van der Waals surface area contributed by atoms with Crippen LogP contribution in [-0.2, 0) is 0 Å². The number of carbonyl (C=O) groups is 1. The van der Waals surface area contributed by atoms with E-state index >= 15 is 0 Å². The van der Waals surface area contributed by atoms with Crippen LogP contribution in [0.2, 0.25) is 0 Å². The molecular weight excluding hydrogens is 328 g/mol. The summed E-state index contributed by atoms with van der Waals surface area (Å²) in [6.45, 7) is 3.50. The molecule has 2 saturated heterocycles. The molecule has 2 heterocycles. The summed E-state index contributed by atoms with van der Waals surface area (Å²) in [5, 5.41) is 3.16. The summed E-state index contributed by atoms with van der Waals surface area (Å²) in [6.07, 6.45) is 6.66. The van der Waals surface area contributed by atoms with E-state index in [-0.39, 0.29) is 5.91 Å². The molecule has 21 heavy (non-hydrogen) atoms. The van der Waals surface area contributed by atoms with E-state index in [1.807, 2.05) is 24.3 Å². The summed E-state index contributed by atoms with van der Waals surface area (Å²) in [4.78, 5) is 14.0. The van der Waals surface area contributed by atoms with Crippen molar-refractivity contribution in [3.8, 4) is 0 Å². The van der Waals surface area contributed by atoms with Crippen LogP contribution in [0, 0.1) is 5.92 Å². The Hall–Kier alpha value is -0.870. The van der Waals surface area contributed by atoms with Crippen molar-refractivity contribution in [2.24, 2.45) is 5.92 Å². The Bertz CT molecular complexity index is 503. The van der Waals surface area contributed by atoms with Crippen molar-refractivity contribution in [2.45, 2.75) is 38.1 Å². The first-order chi connectivity index (χ1) is 10.2. The van der Waals surface area contributed by atoms with Gasteiger partial charge in [0, 0.05) is 22.5 Å². The number of benzene rings is 1. The first-order valence-corrected chi connectivity index (χ1v) is 8.91. The second-order valence-corrected chi connectivity index (χ2v) is 7.30. The second-order valence-electron chi connectivity index (χ2n) is 6.38. The molecule has 2 N–H and O–H groups in total. The van der Waals surface area contributed by atoms with Gasteiger partial charge in [-0.2, -0.15) is 0 Å². The largest absolute Gasteiger partial charge is 0.352 e. The molecular formula is C17H24BrN2O+. The molecule has 1 amide bonds. The highest BCUT2D eigenvalue weighted by atomic mass is 79.9. The van der Waals surface area contributed by atoms with Crippen molar-refractivity contribution in [3.63, 3.8) is 0 Å². The number of hydrogen-bond donors (Lipinski definition) is 2. The zero-order valence-electron chi connectivity index (χ0n) is 12.4. The highest BCUT2D eigenvalue weighted by molar-refractivity contribution is 9.10. The molecule has 0 bridgehead atoms. The zero-order valence-corrected chi connectivity index (χ0v) is 14.0. The molecule has 2 aliphatic heterocycles. The number of carbonyl (C=O) groups excluding carboxylic acids is 1. The number of quaternary nitrogens is 1. The lowest BCUT2D eigenvalue weighted by atomic mass is 9.83. The van der Waals surface area contributed by atoms with Crippen LogP contribution in [0.25, 0.3) is 0 Å². The SMILES string of the molecule is O=C(NC[C@H]1CCC[NH+]2CCCC[C@H]12)c1cccc(Br)c1. The summed E-state index contributed by atoms with van der Waals surface area (Å²) in [6, 6.07) is 8.39. The third-order valence-corrected chi connectivity index (χ3v) is 5.53. The Balaban J connectivity index is 1.57. The third kappa shape index (κ3) is 3.67. The molecule has 0 spiro atoms. The van der Waals surface area contributed by atoms with Crippen LogP contribution in [0.3, 0.4) is 0 Å². The minimum Gasteiger partial charge on any atom is -0.352 e. The molecule has 4 heteroatoms. The Labute approximate surface area is 135 Å². The molecule has 2 fully saturated rings. The van der Waals surface area contributed by atoms with Crippen LogP contribution in [0.1, 0.15) is 42.5 Å². The van der Waals surface area contributed by atoms with Gasteiger partial charge in [-0.3, -0.25) is 4.79 Å². The summed E-state index contributed by atoms with van der Waals surface area (Å²) in [7, 11) is 0. The van der Waals surface area contributed by atoms with Crippen molar-refractivity contribution in [1.29, 1.82) is 0 Å². The molecule has 1 aromatic carbocycles. The van der Waals surface area contributed by atoms with Gasteiger partial charge in [-0.1, -0.05) is 22.0 Å². The maximum Gasteiger partial charge on any atom is 0.251 e. The van der Waals surface area contributed by atoms with Gasteiger partial charge in [0.25, 0.3) is 5.91 Å². The Morgan fingerprint density at radius 3 is 2.95 bits per heavy atom. The molecule has 1 aromatic rings. The van der Waals surface area contributed by atoms with E-state index in [1.165, 1.54) is 45.2 Å². The van der Waals surface area contributed by atoms with Gasteiger partial charge in [0.15, 0.2) is 0 Å². The third-order valence-electron chi connectivity index (χ3n) is 5.04. The minimum atomic E-state index is 0.0548. The van der Waals surface area contributed by atoms with Crippen molar-refractivity contribution in [2.75, 3.05) is 19.6 Å². The van der Waals surface area contributed by atoms with Gasteiger partial charge in [0.2, 0.25) is 0 Å². The molecule has 3 rings (SSSR count). The van der Waals surface area contributed by atoms with Gasteiger partial charge in [-0.05, 0) is 50.3 Å².